The predicted molar refractivity (Wildman–Crippen MR) is 108 cm³/mol. The van der Waals surface area contributed by atoms with E-state index < -0.39 is 11.8 Å². The van der Waals surface area contributed by atoms with Gasteiger partial charge in [0.05, 0.1) is 0 Å². The Morgan fingerprint density at radius 3 is 1.63 bits per heavy atom. The quantitative estimate of drug-likeness (QED) is 0.442. The average molecular weight is 403 g/mol. The summed E-state index contributed by atoms with van der Waals surface area (Å²) in [5.74, 6) is -1.02. The topological polar surface area (TPSA) is 90.5 Å². The van der Waals surface area contributed by atoms with Gasteiger partial charge in [-0.2, -0.15) is 0 Å². The van der Waals surface area contributed by atoms with Gasteiger partial charge in [0.15, 0.2) is 0 Å². The molecule has 0 spiro atoms. The molecule has 0 radical (unpaired) electrons. The Kier molecular flexibility index (Phi) is 7.26. The summed E-state index contributed by atoms with van der Waals surface area (Å²) in [6, 6.07) is 7.04. The number of thiocarbonyl (C=S) groups is 2. The van der Waals surface area contributed by atoms with Gasteiger partial charge in [-0.05, 0) is 24.3 Å². The molecule has 10 heteroatoms. The molecule has 2 aromatic heterocycles. The Bertz CT molecular complexity index is 762. The first kappa shape index (κ1) is 20.3. The number of hydrogen-bond donors (Lipinski definition) is 2. The summed E-state index contributed by atoms with van der Waals surface area (Å²) in [6.07, 6.45) is 6.04. The maximum absolute atomic E-state index is 12.1. The highest BCUT2D eigenvalue weighted by Gasteiger charge is 2.16. The fraction of sp³-hybridized carbons (Fsp3) is 0.176. The molecule has 0 saturated heterocycles. The first-order valence-electron chi connectivity index (χ1n) is 7.83. The molecule has 2 amide bonds. The van der Waals surface area contributed by atoms with E-state index in [0.29, 0.717) is 21.1 Å². The number of rotatable bonds is 4. The highest BCUT2D eigenvalue weighted by molar-refractivity contribution is 7.80. The molecule has 8 nitrogen and oxygen atoms in total. The van der Waals surface area contributed by atoms with Gasteiger partial charge in [-0.1, -0.05) is 24.4 Å². The number of carbonyl (C=O) groups excluding carboxylic acids is 2. The summed E-state index contributed by atoms with van der Waals surface area (Å²) in [7, 11) is 3.18. The number of hydrazine groups is 2. The first-order valence-corrected chi connectivity index (χ1v) is 8.65. The maximum Gasteiger partial charge on any atom is 0.248 e. The van der Waals surface area contributed by atoms with Crippen molar-refractivity contribution in [2.24, 2.45) is 0 Å². The third-order valence-electron chi connectivity index (χ3n) is 3.33. The van der Waals surface area contributed by atoms with Crippen LogP contribution in [0.25, 0.3) is 0 Å². The SMILES string of the molecule is CN(NC(=O)CC(=O)NN(C)C(=S)c1cccnc1)C(=S)c1cccnc1. The summed E-state index contributed by atoms with van der Waals surface area (Å²) in [4.78, 5) is 32.9. The van der Waals surface area contributed by atoms with Crippen molar-refractivity contribution in [3.8, 4) is 0 Å². The van der Waals surface area contributed by atoms with Crippen LogP contribution in [0.4, 0.5) is 0 Å². The van der Waals surface area contributed by atoms with Crippen LogP contribution in [0.3, 0.4) is 0 Å². The van der Waals surface area contributed by atoms with Crippen molar-refractivity contribution in [3.63, 3.8) is 0 Å². The Morgan fingerprint density at radius 2 is 1.30 bits per heavy atom. The fourth-order valence-corrected chi connectivity index (χ4v) is 2.40. The Hall–Kier alpha value is -2.98. The van der Waals surface area contributed by atoms with E-state index >= 15 is 0 Å². The van der Waals surface area contributed by atoms with E-state index in [9.17, 15) is 9.59 Å². The Morgan fingerprint density at radius 1 is 0.889 bits per heavy atom. The first-order chi connectivity index (χ1) is 12.9. The summed E-state index contributed by atoms with van der Waals surface area (Å²) >= 11 is 10.5. The maximum atomic E-state index is 12.1. The van der Waals surface area contributed by atoms with E-state index in [2.05, 4.69) is 20.8 Å². The van der Waals surface area contributed by atoms with Crippen molar-refractivity contribution in [2.75, 3.05) is 14.1 Å². The fourth-order valence-electron chi connectivity index (χ4n) is 2.07. The number of amides is 2. The molecule has 0 unspecified atom stereocenters. The lowest BCUT2D eigenvalue weighted by Crippen LogP contribution is -2.47. The van der Waals surface area contributed by atoms with Crippen LogP contribution in [0, 0.1) is 0 Å². The molecule has 0 aromatic carbocycles. The minimum atomic E-state index is -0.512. The van der Waals surface area contributed by atoms with Gasteiger partial charge >= 0.3 is 0 Å². The van der Waals surface area contributed by atoms with Crippen molar-refractivity contribution in [1.29, 1.82) is 0 Å². The van der Waals surface area contributed by atoms with Crippen molar-refractivity contribution >= 4 is 46.2 Å². The van der Waals surface area contributed by atoms with Gasteiger partial charge in [0, 0.05) is 50.0 Å². The lowest BCUT2D eigenvalue weighted by molar-refractivity contribution is -0.132. The lowest BCUT2D eigenvalue weighted by atomic mass is 10.3. The van der Waals surface area contributed by atoms with Gasteiger partial charge in [-0.3, -0.25) is 40.4 Å². The van der Waals surface area contributed by atoms with Crippen LogP contribution in [-0.4, -0.2) is 55.9 Å². The smallest absolute Gasteiger partial charge is 0.248 e. The van der Waals surface area contributed by atoms with Gasteiger partial charge < -0.3 is 0 Å². The van der Waals surface area contributed by atoms with E-state index in [4.69, 9.17) is 24.4 Å². The molecule has 2 rings (SSSR count). The molecule has 0 fully saturated rings. The van der Waals surface area contributed by atoms with Crippen LogP contribution in [0.2, 0.25) is 0 Å². The lowest BCUT2D eigenvalue weighted by Gasteiger charge is -2.22. The summed E-state index contributed by atoms with van der Waals surface area (Å²) in [6.45, 7) is 0. The summed E-state index contributed by atoms with van der Waals surface area (Å²) < 4.78 is 0. The molecular weight excluding hydrogens is 384 g/mol. The molecular formula is C17H18N6O2S2. The van der Waals surface area contributed by atoms with Crippen molar-refractivity contribution in [2.45, 2.75) is 6.42 Å². The second kappa shape index (κ2) is 9.64. The summed E-state index contributed by atoms with van der Waals surface area (Å²) in [5, 5.41) is 2.73. The standard InChI is InChI=1S/C17H18N6O2S2/c1-22(16(26)12-5-3-7-18-10-12)20-14(24)9-15(25)21-23(2)17(27)13-6-4-8-19-11-13/h3-8,10-11H,9H2,1-2H3,(H,20,24)(H,21,25). The zero-order valence-electron chi connectivity index (χ0n) is 14.7. The minimum absolute atomic E-state index is 0.381. The molecule has 0 atom stereocenters. The van der Waals surface area contributed by atoms with Crippen LogP contribution in [0.15, 0.2) is 49.1 Å². The van der Waals surface area contributed by atoms with Crippen LogP contribution in [0.5, 0.6) is 0 Å². The Labute approximate surface area is 167 Å². The van der Waals surface area contributed by atoms with Crippen LogP contribution < -0.4 is 10.9 Å². The number of nitrogens with zero attached hydrogens (tertiary/aromatic N) is 4. The monoisotopic (exact) mass is 402 g/mol. The Balaban J connectivity index is 1.83. The molecule has 2 heterocycles. The van der Waals surface area contributed by atoms with Crippen LogP contribution >= 0.6 is 24.4 Å². The largest absolute Gasteiger partial charge is 0.277 e. The number of carbonyl (C=O) groups is 2. The van der Waals surface area contributed by atoms with E-state index in [0.717, 1.165) is 0 Å². The van der Waals surface area contributed by atoms with Gasteiger partial charge in [-0.25, -0.2) is 0 Å². The third kappa shape index (κ3) is 6.04. The molecule has 0 bridgehead atoms. The van der Waals surface area contributed by atoms with Gasteiger partial charge in [0.25, 0.3) is 0 Å². The summed E-state index contributed by atoms with van der Waals surface area (Å²) in [5.41, 5.74) is 6.46. The number of hydrogen-bond acceptors (Lipinski definition) is 6. The number of pyridine rings is 2. The third-order valence-corrected chi connectivity index (χ3v) is 4.35. The van der Waals surface area contributed by atoms with Crippen molar-refractivity contribution in [1.82, 2.24) is 30.8 Å². The van der Waals surface area contributed by atoms with E-state index in [-0.39, 0.29) is 6.42 Å². The molecule has 0 aliphatic carbocycles. The normalized spacial score (nSPS) is 9.85. The number of aromatic nitrogens is 2. The van der Waals surface area contributed by atoms with Crippen molar-refractivity contribution < 1.29 is 9.59 Å². The van der Waals surface area contributed by atoms with Gasteiger partial charge in [0.2, 0.25) is 11.8 Å². The second-order valence-electron chi connectivity index (χ2n) is 5.46. The molecule has 2 aromatic rings. The number of nitrogens with one attached hydrogen (secondary N) is 2. The molecule has 0 aliphatic rings. The molecule has 2 N–H and O–H groups in total. The molecule has 27 heavy (non-hydrogen) atoms. The van der Waals surface area contributed by atoms with E-state index in [1.807, 2.05) is 0 Å². The zero-order chi connectivity index (χ0) is 19.8. The van der Waals surface area contributed by atoms with Crippen LogP contribution in [-0.2, 0) is 9.59 Å². The van der Waals surface area contributed by atoms with E-state index in [1.54, 1.807) is 63.1 Å². The van der Waals surface area contributed by atoms with Gasteiger partial charge in [0.1, 0.15) is 16.4 Å². The zero-order valence-corrected chi connectivity index (χ0v) is 16.4. The highest BCUT2D eigenvalue weighted by atomic mass is 32.1. The minimum Gasteiger partial charge on any atom is -0.277 e. The molecule has 0 saturated carbocycles. The second-order valence-corrected chi connectivity index (χ2v) is 6.23. The predicted octanol–water partition coefficient (Wildman–Crippen LogP) is 0.844. The highest BCUT2D eigenvalue weighted by Crippen LogP contribution is 2.03. The van der Waals surface area contributed by atoms with Crippen LogP contribution in [0.1, 0.15) is 17.5 Å². The van der Waals surface area contributed by atoms with Crippen molar-refractivity contribution in [3.05, 3.63) is 60.2 Å². The van der Waals surface area contributed by atoms with E-state index in [1.165, 1.54) is 10.0 Å². The molecule has 140 valence electrons. The average Bonchev–Trinajstić information content (AvgIpc) is 2.67. The molecule has 0 aliphatic heterocycles. The van der Waals surface area contributed by atoms with Gasteiger partial charge in [-0.15, -0.1) is 0 Å².